The molecule has 0 aromatic heterocycles. The number of nitrogens with zero attached hydrogens (tertiary/aromatic N) is 1. The molecule has 150 valence electrons. The van der Waals surface area contributed by atoms with Crippen LogP contribution in [0.25, 0.3) is 0 Å². The van der Waals surface area contributed by atoms with Crippen LogP contribution < -0.4 is 14.8 Å². The highest BCUT2D eigenvalue weighted by molar-refractivity contribution is 5.82. The van der Waals surface area contributed by atoms with E-state index in [0.717, 1.165) is 49.4 Å². The summed E-state index contributed by atoms with van der Waals surface area (Å²) in [5.41, 5.74) is 2.30. The van der Waals surface area contributed by atoms with Crippen molar-refractivity contribution in [1.82, 2.24) is 10.2 Å². The molecule has 1 N–H and O–H groups in total. The summed E-state index contributed by atoms with van der Waals surface area (Å²) in [6.45, 7) is 3.82. The second-order valence-corrected chi connectivity index (χ2v) is 7.22. The molecule has 2 atom stereocenters. The maximum absolute atomic E-state index is 13.0. The van der Waals surface area contributed by atoms with Crippen molar-refractivity contribution in [1.29, 1.82) is 0 Å². The lowest BCUT2D eigenvalue weighted by Crippen LogP contribution is -2.44. The molecule has 0 saturated carbocycles. The highest BCUT2D eigenvalue weighted by atomic mass is 16.5. The predicted molar refractivity (Wildman–Crippen MR) is 111 cm³/mol. The maximum atomic E-state index is 13.0. The zero-order chi connectivity index (χ0) is 19.9. The fraction of sp³-hybridized carbons (Fsp3) is 0.435. The molecule has 28 heavy (non-hydrogen) atoms. The Balaban J connectivity index is 1.63. The van der Waals surface area contributed by atoms with Crippen molar-refractivity contribution in [3.05, 3.63) is 59.7 Å². The van der Waals surface area contributed by atoms with Gasteiger partial charge in [-0.25, -0.2) is 0 Å². The molecule has 1 amide bonds. The number of nitrogens with one attached hydrogen (secondary N) is 1. The van der Waals surface area contributed by atoms with Crippen LogP contribution in [-0.2, 0) is 11.3 Å². The van der Waals surface area contributed by atoms with Crippen LogP contribution in [0.1, 0.15) is 43.4 Å². The van der Waals surface area contributed by atoms with Crippen LogP contribution in [0, 0.1) is 0 Å². The van der Waals surface area contributed by atoms with Crippen molar-refractivity contribution in [2.24, 2.45) is 0 Å². The fourth-order valence-corrected chi connectivity index (χ4v) is 3.80. The van der Waals surface area contributed by atoms with E-state index in [1.54, 1.807) is 14.2 Å². The van der Waals surface area contributed by atoms with Crippen LogP contribution in [0.5, 0.6) is 11.5 Å². The first kappa shape index (κ1) is 20.2. The molecule has 2 unspecified atom stereocenters. The number of amides is 1. The summed E-state index contributed by atoms with van der Waals surface area (Å²) in [6, 6.07) is 15.9. The van der Waals surface area contributed by atoms with Crippen molar-refractivity contribution < 1.29 is 14.3 Å². The van der Waals surface area contributed by atoms with E-state index in [2.05, 4.69) is 29.3 Å². The van der Waals surface area contributed by atoms with Gasteiger partial charge < -0.3 is 14.8 Å². The number of hydrogen-bond donors (Lipinski definition) is 1. The summed E-state index contributed by atoms with van der Waals surface area (Å²) in [4.78, 5) is 15.3. The highest BCUT2D eigenvalue weighted by Gasteiger charge is 2.31. The molecule has 1 heterocycles. The van der Waals surface area contributed by atoms with Crippen molar-refractivity contribution >= 4 is 5.91 Å². The topological polar surface area (TPSA) is 50.8 Å². The molecule has 1 fully saturated rings. The lowest BCUT2D eigenvalue weighted by atomic mass is 10.0. The minimum atomic E-state index is -0.0746. The summed E-state index contributed by atoms with van der Waals surface area (Å²) in [6.07, 6.45) is 2.80. The monoisotopic (exact) mass is 382 g/mol. The van der Waals surface area contributed by atoms with Crippen molar-refractivity contribution in [3.8, 4) is 11.5 Å². The van der Waals surface area contributed by atoms with Crippen LogP contribution in [0.3, 0.4) is 0 Å². The fourth-order valence-electron chi connectivity index (χ4n) is 3.80. The standard InChI is InChI=1S/C23H30N2O3/c1-4-21(18-9-13-20(28-3)14-10-18)24-23(26)22-6-5-15-25(22)16-17-7-11-19(27-2)12-8-17/h7-14,21-22H,4-6,15-16H2,1-3H3,(H,24,26). The van der Waals surface area contributed by atoms with E-state index in [-0.39, 0.29) is 18.0 Å². The molecule has 0 aliphatic carbocycles. The second kappa shape index (κ2) is 9.60. The molecular formula is C23H30N2O3. The Bertz CT molecular complexity index is 758. The summed E-state index contributed by atoms with van der Waals surface area (Å²) >= 11 is 0. The van der Waals surface area contributed by atoms with E-state index < -0.39 is 0 Å². The highest BCUT2D eigenvalue weighted by Crippen LogP contribution is 2.24. The number of carbonyl (C=O) groups excluding carboxylic acids is 1. The average Bonchev–Trinajstić information content (AvgIpc) is 3.21. The first-order chi connectivity index (χ1) is 13.6. The SMILES string of the molecule is CCC(NC(=O)C1CCCN1Cc1ccc(OC)cc1)c1ccc(OC)cc1. The van der Waals surface area contributed by atoms with Gasteiger partial charge in [0.25, 0.3) is 0 Å². The van der Waals surface area contributed by atoms with Gasteiger partial charge in [-0.15, -0.1) is 0 Å². The third-order valence-corrected chi connectivity index (χ3v) is 5.45. The van der Waals surface area contributed by atoms with Crippen molar-refractivity contribution in [2.45, 2.75) is 44.8 Å². The number of methoxy groups -OCH3 is 2. The quantitative estimate of drug-likeness (QED) is 0.751. The Labute approximate surface area is 167 Å². The van der Waals surface area contributed by atoms with Gasteiger partial charge in [0, 0.05) is 6.54 Å². The van der Waals surface area contributed by atoms with E-state index >= 15 is 0 Å². The molecule has 0 spiro atoms. The molecule has 0 radical (unpaired) electrons. The lowest BCUT2D eigenvalue weighted by molar-refractivity contribution is -0.126. The molecule has 1 saturated heterocycles. The van der Waals surface area contributed by atoms with Gasteiger partial charge in [0.2, 0.25) is 5.91 Å². The smallest absolute Gasteiger partial charge is 0.237 e. The summed E-state index contributed by atoms with van der Waals surface area (Å²) in [5.74, 6) is 1.80. The zero-order valence-electron chi connectivity index (χ0n) is 17.0. The molecule has 3 rings (SSSR count). The average molecular weight is 383 g/mol. The molecule has 0 bridgehead atoms. The van der Waals surface area contributed by atoms with Crippen LogP contribution in [-0.4, -0.2) is 37.6 Å². The Morgan fingerprint density at radius 3 is 2.25 bits per heavy atom. The van der Waals surface area contributed by atoms with E-state index in [9.17, 15) is 4.79 Å². The van der Waals surface area contributed by atoms with E-state index in [0.29, 0.717) is 0 Å². The van der Waals surface area contributed by atoms with E-state index in [1.165, 1.54) is 5.56 Å². The van der Waals surface area contributed by atoms with Crippen LogP contribution in [0.15, 0.2) is 48.5 Å². The summed E-state index contributed by atoms with van der Waals surface area (Å²) in [7, 11) is 3.33. The van der Waals surface area contributed by atoms with Crippen LogP contribution in [0.4, 0.5) is 0 Å². The lowest BCUT2D eigenvalue weighted by Gasteiger charge is -2.26. The molecule has 2 aromatic carbocycles. The number of hydrogen-bond acceptors (Lipinski definition) is 4. The number of rotatable bonds is 8. The maximum Gasteiger partial charge on any atom is 0.237 e. The molecular weight excluding hydrogens is 352 g/mol. The molecule has 1 aliphatic rings. The normalized spacial score (nSPS) is 17.9. The third kappa shape index (κ3) is 4.84. The first-order valence-electron chi connectivity index (χ1n) is 9.96. The minimum Gasteiger partial charge on any atom is -0.497 e. The van der Waals surface area contributed by atoms with Gasteiger partial charge in [-0.2, -0.15) is 0 Å². The van der Waals surface area contributed by atoms with Crippen LogP contribution >= 0.6 is 0 Å². The zero-order valence-corrected chi connectivity index (χ0v) is 17.0. The van der Waals surface area contributed by atoms with Crippen molar-refractivity contribution in [2.75, 3.05) is 20.8 Å². The largest absolute Gasteiger partial charge is 0.497 e. The van der Waals surface area contributed by atoms with E-state index in [4.69, 9.17) is 9.47 Å². The Kier molecular flexibility index (Phi) is 6.93. The van der Waals surface area contributed by atoms with Gasteiger partial charge in [-0.1, -0.05) is 31.2 Å². The number of benzene rings is 2. The summed E-state index contributed by atoms with van der Waals surface area (Å²) < 4.78 is 10.5. The summed E-state index contributed by atoms with van der Waals surface area (Å²) in [5, 5.41) is 3.25. The van der Waals surface area contributed by atoms with E-state index in [1.807, 2.05) is 36.4 Å². The number of likely N-dealkylation sites (tertiary alicyclic amines) is 1. The number of ether oxygens (including phenoxy) is 2. The van der Waals surface area contributed by atoms with Gasteiger partial charge in [0.05, 0.1) is 26.3 Å². The second-order valence-electron chi connectivity index (χ2n) is 7.22. The third-order valence-electron chi connectivity index (χ3n) is 5.45. The molecule has 1 aliphatic heterocycles. The molecule has 2 aromatic rings. The van der Waals surface area contributed by atoms with Crippen LogP contribution in [0.2, 0.25) is 0 Å². The van der Waals surface area contributed by atoms with Gasteiger partial charge in [0.15, 0.2) is 0 Å². The predicted octanol–water partition coefficient (Wildman–Crippen LogP) is 3.94. The molecule has 5 nitrogen and oxygen atoms in total. The van der Waals surface area contributed by atoms with Gasteiger partial charge in [-0.05, 0) is 61.2 Å². The Morgan fingerprint density at radius 2 is 1.68 bits per heavy atom. The molecule has 5 heteroatoms. The Morgan fingerprint density at radius 1 is 1.07 bits per heavy atom. The Hall–Kier alpha value is -2.53. The van der Waals surface area contributed by atoms with Gasteiger partial charge >= 0.3 is 0 Å². The van der Waals surface area contributed by atoms with Crippen molar-refractivity contribution in [3.63, 3.8) is 0 Å². The van der Waals surface area contributed by atoms with Gasteiger partial charge in [0.1, 0.15) is 11.5 Å². The minimum absolute atomic E-state index is 0.0156. The van der Waals surface area contributed by atoms with Gasteiger partial charge in [-0.3, -0.25) is 9.69 Å². The number of carbonyl (C=O) groups is 1. The first-order valence-corrected chi connectivity index (χ1v) is 9.96.